The van der Waals surface area contributed by atoms with Crippen molar-refractivity contribution in [1.29, 1.82) is 0 Å². The van der Waals surface area contributed by atoms with Gasteiger partial charge in [-0.05, 0) is 155 Å². The van der Waals surface area contributed by atoms with Crippen molar-refractivity contribution in [2.24, 2.45) is 56.7 Å². The lowest BCUT2D eigenvalue weighted by atomic mass is 9.32. The lowest BCUT2D eigenvalue weighted by molar-refractivity contribution is -0.904. The summed E-state index contributed by atoms with van der Waals surface area (Å²) >= 11 is 0. The van der Waals surface area contributed by atoms with Crippen LogP contribution in [-0.4, -0.2) is 63.9 Å². The van der Waals surface area contributed by atoms with Crippen LogP contribution in [-0.2, 0) is 19.1 Å². The Kier molecular flexibility index (Phi) is 11.2. The number of piperidine rings is 2. The zero-order valence-electron chi connectivity index (χ0n) is 34.5. The smallest absolute Gasteiger partial charge is 0.311 e. The van der Waals surface area contributed by atoms with Gasteiger partial charge < -0.3 is 19.3 Å². The van der Waals surface area contributed by atoms with Gasteiger partial charge in [-0.2, -0.15) is 0 Å². The third kappa shape index (κ3) is 6.76. The van der Waals surface area contributed by atoms with E-state index in [0.29, 0.717) is 49.0 Å². The van der Waals surface area contributed by atoms with Crippen molar-refractivity contribution in [3.05, 3.63) is 12.2 Å². The van der Waals surface area contributed by atoms with Crippen LogP contribution in [0.1, 0.15) is 157 Å². The molecule has 6 nitrogen and oxygen atoms in total. The number of ether oxygens (including phenoxy) is 2. The first kappa shape index (κ1) is 38.9. The number of hydrogen-bond acceptors (Lipinski definition) is 4. The monoisotopic (exact) mass is 723 g/mol. The Balaban J connectivity index is 1.04. The zero-order valence-corrected chi connectivity index (χ0v) is 34.5. The molecular weight excluding hydrogens is 645 g/mol. The van der Waals surface area contributed by atoms with E-state index in [9.17, 15) is 9.59 Å². The first-order valence-corrected chi connectivity index (χ1v) is 22.4. The topological polar surface area (TPSA) is 61.5 Å². The molecule has 0 radical (unpaired) electrons. The summed E-state index contributed by atoms with van der Waals surface area (Å²) in [5.41, 5.74) is 2.24. The number of fused-ring (bicyclic) bond motifs is 7. The summed E-state index contributed by atoms with van der Waals surface area (Å²) in [7, 11) is 0. The van der Waals surface area contributed by atoms with Gasteiger partial charge in [-0.25, -0.2) is 0 Å². The third-order valence-electron chi connectivity index (χ3n) is 18.5. The van der Waals surface area contributed by atoms with E-state index >= 15 is 0 Å². The SMILES string of the molecule is C=C(C)[C@@H]1CC[C@]2(COC(=O)CC[NH+]3CCCCC3)CC[C@]3(C)C(CCC4[C@@]5(C)CC[C@H](OC(=O)CC[NH+]6CCCCC6)C(C)(C)C5CC[C@]43C)C12. The average molecular weight is 723 g/mol. The normalized spacial score (nSPS) is 43.3. The summed E-state index contributed by atoms with van der Waals surface area (Å²) in [5.74, 6) is 3.08. The second-order valence-electron chi connectivity index (χ2n) is 21.2. The lowest BCUT2D eigenvalue weighted by Crippen LogP contribution is -3.12. The molecule has 2 N–H and O–H groups in total. The van der Waals surface area contributed by atoms with Crippen LogP contribution in [0.3, 0.4) is 0 Å². The van der Waals surface area contributed by atoms with E-state index < -0.39 is 0 Å². The van der Waals surface area contributed by atoms with Gasteiger partial charge in [0, 0.05) is 10.8 Å². The molecule has 0 spiro atoms. The Hall–Kier alpha value is -1.40. The van der Waals surface area contributed by atoms with Gasteiger partial charge >= 0.3 is 11.9 Å². The van der Waals surface area contributed by atoms with Crippen LogP contribution in [0.5, 0.6) is 0 Å². The highest BCUT2D eigenvalue weighted by Crippen LogP contribution is 2.77. The number of carbonyl (C=O) groups excluding carboxylic acids is 2. The molecule has 0 aromatic carbocycles. The molecule has 7 aliphatic rings. The van der Waals surface area contributed by atoms with Gasteiger partial charge in [-0.3, -0.25) is 9.59 Å². The van der Waals surface area contributed by atoms with Crippen LogP contribution in [0.15, 0.2) is 12.2 Å². The van der Waals surface area contributed by atoms with Crippen molar-refractivity contribution in [2.45, 2.75) is 163 Å². The van der Waals surface area contributed by atoms with Crippen LogP contribution >= 0.6 is 0 Å². The summed E-state index contributed by atoms with van der Waals surface area (Å²) < 4.78 is 12.8. The van der Waals surface area contributed by atoms with Crippen molar-refractivity contribution < 1.29 is 28.9 Å². The number of rotatable bonds is 10. The summed E-state index contributed by atoms with van der Waals surface area (Å²) in [4.78, 5) is 29.7. The van der Waals surface area contributed by atoms with Gasteiger partial charge in [0.2, 0.25) is 0 Å². The van der Waals surface area contributed by atoms with Gasteiger partial charge in [-0.15, -0.1) is 0 Å². The fourth-order valence-corrected chi connectivity index (χ4v) is 15.4. The molecule has 7 fully saturated rings. The molecule has 52 heavy (non-hydrogen) atoms. The third-order valence-corrected chi connectivity index (χ3v) is 18.5. The van der Waals surface area contributed by atoms with Crippen molar-refractivity contribution in [3.8, 4) is 0 Å². The van der Waals surface area contributed by atoms with E-state index in [1.807, 2.05) is 0 Å². The van der Waals surface area contributed by atoms with Crippen LogP contribution in [0.2, 0.25) is 0 Å². The predicted octanol–water partition coefficient (Wildman–Crippen LogP) is 7.02. The molecule has 2 heterocycles. The molecule has 10 atom stereocenters. The fourth-order valence-electron chi connectivity index (χ4n) is 15.4. The molecule has 7 rings (SSSR count). The van der Waals surface area contributed by atoms with E-state index in [1.54, 1.807) is 9.80 Å². The number of nitrogens with one attached hydrogen (secondary N) is 2. The fraction of sp³-hybridized carbons (Fsp3) is 0.913. The van der Waals surface area contributed by atoms with E-state index in [2.05, 4.69) is 48.1 Å². The number of esters is 2. The highest BCUT2D eigenvalue weighted by molar-refractivity contribution is 5.70. The highest BCUT2D eigenvalue weighted by atomic mass is 16.5. The Labute approximate surface area is 318 Å². The predicted molar refractivity (Wildman–Crippen MR) is 208 cm³/mol. The Morgan fingerprint density at radius 1 is 0.673 bits per heavy atom. The number of allylic oxidation sites excluding steroid dienone is 1. The molecule has 2 saturated heterocycles. The molecule has 0 amide bonds. The molecule has 0 bridgehead atoms. The van der Waals surface area contributed by atoms with Gasteiger partial charge in [-0.1, -0.05) is 46.8 Å². The van der Waals surface area contributed by atoms with Crippen molar-refractivity contribution in [2.75, 3.05) is 45.9 Å². The van der Waals surface area contributed by atoms with Gasteiger partial charge in [0.1, 0.15) is 6.10 Å². The molecule has 2 aliphatic heterocycles. The lowest BCUT2D eigenvalue weighted by Gasteiger charge is -2.73. The van der Waals surface area contributed by atoms with E-state index in [4.69, 9.17) is 9.47 Å². The van der Waals surface area contributed by atoms with Gasteiger partial charge in [0.25, 0.3) is 0 Å². The van der Waals surface area contributed by atoms with Crippen LogP contribution in [0, 0.1) is 56.7 Å². The van der Waals surface area contributed by atoms with Gasteiger partial charge in [0.05, 0.1) is 58.7 Å². The Morgan fingerprint density at radius 2 is 1.31 bits per heavy atom. The molecule has 0 aromatic heterocycles. The van der Waals surface area contributed by atoms with Crippen molar-refractivity contribution in [1.82, 2.24) is 0 Å². The quantitative estimate of drug-likeness (QED) is 0.188. The maximum Gasteiger partial charge on any atom is 0.311 e. The number of likely N-dealkylation sites (tertiary alicyclic amines) is 2. The molecular formula is C46H78N2O4+2. The summed E-state index contributed by atoms with van der Waals surface area (Å²) in [6.45, 7) is 27.2. The molecule has 294 valence electrons. The van der Waals surface area contributed by atoms with Gasteiger partial charge in [0.15, 0.2) is 0 Å². The van der Waals surface area contributed by atoms with Crippen LogP contribution < -0.4 is 9.80 Å². The maximum absolute atomic E-state index is 13.3. The molecule has 5 aliphatic carbocycles. The molecule has 0 aromatic rings. The van der Waals surface area contributed by atoms with Crippen molar-refractivity contribution in [3.63, 3.8) is 0 Å². The summed E-state index contributed by atoms with van der Waals surface area (Å²) in [6.07, 6.45) is 21.1. The number of quaternary nitrogens is 2. The molecule has 6 heteroatoms. The largest absolute Gasteiger partial charge is 0.465 e. The zero-order chi connectivity index (χ0) is 36.9. The molecule has 5 saturated carbocycles. The van der Waals surface area contributed by atoms with Crippen molar-refractivity contribution >= 4 is 11.9 Å². The minimum atomic E-state index is -0.0166. The highest BCUT2D eigenvalue weighted by Gasteiger charge is 2.71. The standard InChI is InChI=1S/C46H76N2O4/c1-33(2)34-16-23-46(32-51-39(49)19-30-47-26-10-8-11-27-47)25-24-44(6)35(41(34)46)14-15-37-43(5)21-18-38(42(3,4)36(43)17-22-45(37,44)7)52-40(50)20-31-48-28-12-9-13-29-48/h34-38,41H,1,8-32H2,2-7H3/p+2/t34-,35?,36?,37?,38-,41?,43-,44+,45+,46+/m0/s1. The second kappa shape index (κ2) is 14.9. The van der Waals surface area contributed by atoms with Crippen LogP contribution in [0.25, 0.3) is 0 Å². The maximum atomic E-state index is 13.3. The Bertz CT molecular complexity index is 1320. The first-order chi connectivity index (χ1) is 24.7. The van der Waals surface area contributed by atoms with E-state index in [1.165, 1.54) is 128 Å². The van der Waals surface area contributed by atoms with E-state index in [0.717, 1.165) is 19.5 Å². The first-order valence-electron chi connectivity index (χ1n) is 22.4. The van der Waals surface area contributed by atoms with Crippen LogP contribution in [0.4, 0.5) is 0 Å². The number of hydrogen-bond donors (Lipinski definition) is 2. The minimum absolute atomic E-state index is 0.0166. The summed E-state index contributed by atoms with van der Waals surface area (Å²) in [6, 6.07) is 0. The number of carbonyl (C=O) groups is 2. The molecule has 4 unspecified atom stereocenters. The minimum Gasteiger partial charge on any atom is -0.465 e. The van der Waals surface area contributed by atoms with E-state index in [-0.39, 0.29) is 45.1 Å². The Morgan fingerprint density at radius 3 is 1.94 bits per heavy atom. The second-order valence-corrected chi connectivity index (χ2v) is 21.2. The summed E-state index contributed by atoms with van der Waals surface area (Å²) in [5, 5.41) is 0. The average Bonchev–Trinajstić information content (AvgIpc) is 3.52.